The number of hydrogen-bond acceptors (Lipinski definition) is 2. The van der Waals surface area contributed by atoms with Gasteiger partial charge in [-0.1, -0.05) is 19.7 Å². The van der Waals surface area contributed by atoms with Gasteiger partial charge < -0.3 is 4.74 Å². The maximum absolute atomic E-state index is 11.4. The first-order valence-electron chi connectivity index (χ1n) is 4.48. The summed E-state index contributed by atoms with van der Waals surface area (Å²) in [4.78, 5) is 10.6. The highest BCUT2D eigenvalue weighted by Crippen LogP contribution is 1.92. The van der Waals surface area contributed by atoms with E-state index in [2.05, 4.69) is 24.4 Å². The molecular weight excluding hydrogens is 187 g/mol. The summed E-state index contributed by atoms with van der Waals surface area (Å²) >= 11 is 0. The second kappa shape index (κ2) is 11.4. The molecule has 0 aromatic rings. The Morgan fingerprint density at radius 2 is 2.00 bits per heavy atom. The van der Waals surface area contributed by atoms with E-state index in [1.54, 1.807) is 6.92 Å². The van der Waals surface area contributed by atoms with E-state index in [1.165, 1.54) is 0 Å². The first-order chi connectivity index (χ1) is 6.09. The molecule has 0 N–H and O–H groups in total. The monoisotopic (exact) mass is 206 g/mol. The molecule has 0 aliphatic heterocycles. The molecule has 0 rings (SSSR count). The smallest absolute Gasteiger partial charge is 0.333 e. The molecule has 0 aliphatic carbocycles. The van der Waals surface area contributed by atoms with Crippen LogP contribution in [0.1, 0.15) is 13.3 Å². The molecule has 4 heteroatoms. The van der Waals surface area contributed by atoms with Gasteiger partial charge in [0.1, 0.15) is 0 Å². The van der Waals surface area contributed by atoms with Crippen LogP contribution in [0.3, 0.4) is 0 Å². The third-order valence-electron chi connectivity index (χ3n) is 0.860. The quantitative estimate of drug-likeness (QED) is 0.303. The first kappa shape index (κ1) is 14.9. The number of halogens is 1. The van der Waals surface area contributed by atoms with E-state index in [0.717, 1.165) is 0 Å². The maximum atomic E-state index is 11.4. The summed E-state index contributed by atoms with van der Waals surface area (Å²) in [6.45, 7) is 9.13. The van der Waals surface area contributed by atoms with Gasteiger partial charge in [-0.15, -0.1) is 0 Å². The number of carbonyl (C=O) groups excluding carboxylic acids is 1. The van der Waals surface area contributed by atoms with Crippen LogP contribution >= 0.6 is 0 Å². The van der Waals surface area contributed by atoms with Crippen molar-refractivity contribution in [3.63, 3.8) is 0 Å². The van der Waals surface area contributed by atoms with E-state index in [9.17, 15) is 9.18 Å². The lowest BCUT2D eigenvalue weighted by molar-refractivity contribution is -0.139. The number of ether oxygens (including phenoxy) is 1. The molecule has 0 aromatic carbocycles. The Bertz CT molecular complexity index is 149. The molecule has 0 radical (unpaired) electrons. The minimum atomic E-state index is -0.455. The van der Waals surface area contributed by atoms with Gasteiger partial charge in [0.15, 0.2) is 0 Å². The van der Waals surface area contributed by atoms with Crippen molar-refractivity contribution in [3.05, 3.63) is 12.2 Å². The van der Waals surface area contributed by atoms with Gasteiger partial charge in [-0.05, 0) is 6.92 Å². The zero-order valence-corrected chi connectivity index (χ0v) is 10.1. The predicted molar refractivity (Wildman–Crippen MR) is 56.6 cm³/mol. The van der Waals surface area contributed by atoms with Crippen LogP contribution in [0.4, 0.5) is 4.39 Å². The molecule has 0 fully saturated rings. The van der Waals surface area contributed by atoms with E-state index < -0.39 is 12.6 Å². The highest BCUT2D eigenvalue weighted by atomic mass is 28.2. The van der Waals surface area contributed by atoms with Crippen molar-refractivity contribution < 1.29 is 13.9 Å². The van der Waals surface area contributed by atoms with Crippen LogP contribution in [0, 0.1) is 0 Å². The number of esters is 1. The van der Waals surface area contributed by atoms with Gasteiger partial charge >= 0.3 is 5.97 Å². The maximum Gasteiger partial charge on any atom is 0.333 e. The van der Waals surface area contributed by atoms with Crippen molar-refractivity contribution in [1.29, 1.82) is 0 Å². The highest BCUT2D eigenvalue weighted by Gasteiger charge is 2.00. The average Bonchev–Trinajstić information content (AvgIpc) is 2.06. The molecule has 78 valence electrons. The summed E-state index contributed by atoms with van der Waals surface area (Å²) < 4.78 is 16.0. The molecular formula is C9H19FO2Si. The van der Waals surface area contributed by atoms with Gasteiger partial charge in [0.2, 0.25) is 0 Å². The van der Waals surface area contributed by atoms with Crippen LogP contribution < -0.4 is 0 Å². The number of carbonyl (C=O) groups is 1. The largest absolute Gasteiger partial charge is 0.462 e. The molecule has 13 heavy (non-hydrogen) atoms. The summed E-state index contributed by atoms with van der Waals surface area (Å²) in [5.41, 5.74) is 0.346. The minimum Gasteiger partial charge on any atom is -0.462 e. The van der Waals surface area contributed by atoms with Gasteiger partial charge in [0.05, 0.1) is 13.3 Å². The van der Waals surface area contributed by atoms with Gasteiger partial charge in [-0.3, -0.25) is 4.39 Å². The Hall–Kier alpha value is -0.643. The van der Waals surface area contributed by atoms with Crippen LogP contribution in [0.5, 0.6) is 0 Å². The molecule has 0 aromatic heterocycles. The van der Waals surface area contributed by atoms with Crippen molar-refractivity contribution >= 4 is 15.5 Å². The lowest BCUT2D eigenvalue weighted by atomic mass is 10.4. The number of alkyl halides is 1. The van der Waals surface area contributed by atoms with Crippen LogP contribution in [-0.2, 0) is 9.53 Å². The van der Waals surface area contributed by atoms with Gasteiger partial charge in [0, 0.05) is 21.5 Å². The summed E-state index contributed by atoms with van der Waals surface area (Å²) in [5.74, 6) is -0.451. The molecule has 0 spiro atoms. The van der Waals surface area contributed by atoms with Crippen LogP contribution in [0.15, 0.2) is 12.2 Å². The summed E-state index contributed by atoms with van der Waals surface area (Å²) in [5, 5.41) is 0. The third-order valence-corrected chi connectivity index (χ3v) is 0.860. The fourth-order valence-corrected chi connectivity index (χ4v) is 0.343. The zero-order valence-electron chi connectivity index (χ0n) is 8.73. The lowest BCUT2D eigenvalue weighted by Crippen LogP contribution is -2.06. The van der Waals surface area contributed by atoms with E-state index in [-0.39, 0.29) is 13.0 Å². The summed E-state index contributed by atoms with van der Waals surface area (Å²) in [7, 11) is 0.417. The topological polar surface area (TPSA) is 26.3 Å². The molecule has 0 amide bonds. The molecule has 0 aliphatic rings. The molecule has 0 atom stereocenters. The summed E-state index contributed by atoms with van der Waals surface area (Å²) in [6, 6.07) is 0. The van der Waals surface area contributed by atoms with E-state index in [0.29, 0.717) is 15.1 Å². The second-order valence-corrected chi connectivity index (χ2v) is 4.08. The Labute approximate surface area is 82.0 Å². The van der Waals surface area contributed by atoms with Crippen LogP contribution in [-0.4, -0.2) is 28.8 Å². The van der Waals surface area contributed by atoms with Crippen molar-refractivity contribution in [2.75, 3.05) is 13.3 Å². The van der Waals surface area contributed by atoms with E-state index in [1.807, 2.05) is 0 Å². The Morgan fingerprint density at radius 1 is 1.54 bits per heavy atom. The molecule has 0 unspecified atom stereocenters. The van der Waals surface area contributed by atoms with Crippen molar-refractivity contribution in [1.82, 2.24) is 0 Å². The van der Waals surface area contributed by atoms with Gasteiger partial charge in [0.25, 0.3) is 0 Å². The average molecular weight is 206 g/mol. The highest BCUT2D eigenvalue weighted by molar-refractivity contribution is 6.31. The Balaban J connectivity index is 0. The Morgan fingerprint density at radius 3 is 2.31 bits per heavy atom. The number of hydrogen-bond donors (Lipinski definition) is 0. The zero-order chi connectivity index (χ0) is 10.7. The Kier molecular flexibility index (Phi) is 13.0. The van der Waals surface area contributed by atoms with Crippen molar-refractivity contribution in [2.24, 2.45) is 0 Å². The molecule has 0 heterocycles. The van der Waals surface area contributed by atoms with E-state index >= 15 is 0 Å². The lowest BCUT2D eigenvalue weighted by Gasteiger charge is -2.00. The fourth-order valence-electron chi connectivity index (χ4n) is 0.343. The second-order valence-electron chi connectivity index (χ2n) is 2.67. The number of rotatable bonds is 4. The normalized spacial score (nSPS) is 8.31. The van der Waals surface area contributed by atoms with Crippen molar-refractivity contribution in [2.45, 2.75) is 26.4 Å². The molecule has 0 saturated heterocycles. The molecule has 0 saturated carbocycles. The van der Waals surface area contributed by atoms with Crippen LogP contribution in [0.25, 0.3) is 0 Å². The van der Waals surface area contributed by atoms with E-state index in [4.69, 9.17) is 0 Å². The molecule has 0 bridgehead atoms. The van der Waals surface area contributed by atoms with Gasteiger partial charge in [-0.25, -0.2) is 4.79 Å². The van der Waals surface area contributed by atoms with Gasteiger partial charge in [-0.2, -0.15) is 0 Å². The predicted octanol–water partition coefficient (Wildman–Crippen LogP) is 1.72. The van der Waals surface area contributed by atoms with Crippen molar-refractivity contribution in [3.8, 4) is 0 Å². The first-order valence-corrected chi connectivity index (χ1v) is 7.31. The summed E-state index contributed by atoms with van der Waals surface area (Å²) in [6.07, 6.45) is 0.263. The fraction of sp³-hybridized carbons (Fsp3) is 0.667. The standard InChI is InChI=1S/C7H11FO2.C2H8Si/c1-6(2)7(9)10-5-3-4-8;1-3-2/h1,3-5H2,2H3;3H2,1-2H3. The third kappa shape index (κ3) is 14.2. The molecule has 2 nitrogen and oxygen atoms in total. The minimum absolute atomic E-state index is 0.141. The van der Waals surface area contributed by atoms with Crippen LogP contribution in [0.2, 0.25) is 13.1 Å². The SMILES string of the molecule is C=C(C)C(=O)OCCCF.C[SiH2]C.